The van der Waals surface area contributed by atoms with Gasteiger partial charge >= 0.3 is 6.36 Å². The zero-order valence-electron chi connectivity index (χ0n) is 16.4. The smallest absolute Gasteiger partial charge is 0.406 e. The number of ether oxygens (including phenoxy) is 1. The summed E-state index contributed by atoms with van der Waals surface area (Å²) in [6.45, 7) is 1.26. The van der Waals surface area contributed by atoms with Crippen molar-refractivity contribution < 1.29 is 31.5 Å². The minimum atomic E-state index is -4.97. The fourth-order valence-corrected chi connectivity index (χ4v) is 3.33. The maximum atomic E-state index is 14.9. The van der Waals surface area contributed by atoms with Crippen LogP contribution in [0.1, 0.15) is 6.92 Å². The van der Waals surface area contributed by atoms with E-state index in [1.165, 1.54) is 23.6 Å². The number of benzene rings is 2. The number of carbonyl (C=O) groups is 1. The van der Waals surface area contributed by atoms with Gasteiger partial charge in [-0.3, -0.25) is 9.20 Å². The number of alkyl halides is 3. The Bertz CT molecular complexity index is 1330. The summed E-state index contributed by atoms with van der Waals surface area (Å²) in [5.41, 5.74) is 0.521. The molecule has 0 unspecified atom stereocenters. The van der Waals surface area contributed by atoms with Crippen molar-refractivity contribution in [2.24, 2.45) is 0 Å². The summed E-state index contributed by atoms with van der Waals surface area (Å²) in [6, 6.07) is 11.0. The molecule has 0 saturated heterocycles. The first-order valence-corrected chi connectivity index (χ1v) is 9.22. The predicted octanol–water partition coefficient (Wildman–Crippen LogP) is 5.80. The minimum Gasteiger partial charge on any atom is -0.406 e. The van der Waals surface area contributed by atoms with Gasteiger partial charge in [-0.15, -0.1) is 13.2 Å². The van der Waals surface area contributed by atoms with Gasteiger partial charge in [-0.2, -0.15) is 0 Å². The molecule has 0 fully saturated rings. The Balaban J connectivity index is 2.01. The number of amides is 1. The van der Waals surface area contributed by atoms with Crippen molar-refractivity contribution in [1.29, 1.82) is 0 Å². The number of nitrogens with one attached hydrogen (secondary N) is 1. The fourth-order valence-electron chi connectivity index (χ4n) is 3.33. The second-order valence-corrected chi connectivity index (χ2v) is 6.80. The summed E-state index contributed by atoms with van der Waals surface area (Å²) in [4.78, 5) is 16.1. The van der Waals surface area contributed by atoms with Crippen LogP contribution in [0, 0.1) is 11.6 Å². The fraction of sp³-hybridized carbons (Fsp3) is 0.0909. The Morgan fingerprint density at radius 2 is 1.81 bits per heavy atom. The van der Waals surface area contributed by atoms with E-state index in [1.807, 2.05) is 0 Å². The molecule has 0 atom stereocenters. The summed E-state index contributed by atoms with van der Waals surface area (Å²) < 4.78 is 72.5. The van der Waals surface area contributed by atoms with Gasteiger partial charge in [0, 0.05) is 24.2 Å². The van der Waals surface area contributed by atoms with Gasteiger partial charge in [0.1, 0.15) is 23.0 Å². The second-order valence-electron chi connectivity index (χ2n) is 6.80. The van der Waals surface area contributed by atoms with E-state index >= 15 is 0 Å². The summed E-state index contributed by atoms with van der Waals surface area (Å²) in [5.74, 6) is -2.56. The minimum absolute atomic E-state index is 0.0579. The first kappa shape index (κ1) is 21.3. The number of fused-ring (bicyclic) bond motifs is 1. The lowest BCUT2D eigenvalue weighted by Gasteiger charge is -2.13. The number of rotatable bonds is 4. The Morgan fingerprint density at radius 3 is 2.53 bits per heavy atom. The number of hydrogen-bond acceptors (Lipinski definition) is 3. The Kier molecular flexibility index (Phi) is 5.29. The van der Waals surface area contributed by atoms with Gasteiger partial charge in [-0.05, 0) is 48.5 Å². The number of hydrogen-bond donors (Lipinski definition) is 1. The van der Waals surface area contributed by atoms with Gasteiger partial charge in [0.05, 0.1) is 17.1 Å². The highest BCUT2D eigenvalue weighted by Crippen LogP contribution is 2.39. The van der Waals surface area contributed by atoms with Gasteiger partial charge < -0.3 is 10.1 Å². The molecule has 0 radical (unpaired) electrons. The molecule has 0 aliphatic rings. The molecule has 2 heterocycles. The molecule has 5 nitrogen and oxygen atoms in total. The van der Waals surface area contributed by atoms with Crippen molar-refractivity contribution >= 4 is 17.2 Å². The lowest BCUT2D eigenvalue weighted by atomic mass is 10.0. The van der Waals surface area contributed by atoms with Gasteiger partial charge in [-0.1, -0.05) is 6.07 Å². The van der Waals surface area contributed by atoms with E-state index in [9.17, 15) is 26.7 Å². The molecule has 2 aromatic heterocycles. The van der Waals surface area contributed by atoms with Crippen LogP contribution in [0.4, 0.5) is 27.6 Å². The molecule has 164 valence electrons. The van der Waals surface area contributed by atoms with Crippen molar-refractivity contribution in [1.82, 2.24) is 9.38 Å². The Morgan fingerprint density at radius 1 is 1.03 bits per heavy atom. The van der Waals surface area contributed by atoms with E-state index in [0.29, 0.717) is 5.65 Å². The molecule has 10 heteroatoms. The number of imidazole rings is 1. The van der Waals surface area contributed by atoms with Crippen LogP contribution in [0.2, 0.25) is 0 Å². The van der Waals surface area contributed by atoms with E-state index in [2.05, 4.69) is 15.0 Å². The summed E-state index contributed by atoms with van der Waals surface area (Å²) >= 11 is 0. The topological polar surface area (TPSA) is 55.6 Å². The van der Waals surface area contributed by atoms with E-state index in [0.717, 1.165) is 30.3 Å². The third kappa shape index (κ3) is 4.25. The van der Waals surface area contributed by atoms with Crippen LogP contribution in [0.3, 0.4) is 0 Å². The van der Waals surface area contributed by atoms with Gasteiger partial charge in [0.25, 0.3) is 0 Å². The SMILES string of the molecule is CC(=O)Nc1ccc(F)cc1-c1nc2ccccn2c1-c1cc(OC(F)(F)F)ccc1F. The summed E-state index contributed by atoms with van der Waals surface area (Å²) in [5, 5.41) is 2.56. The van der Waals surface area contributed by atoms with E-state index < -0.39 is 29.7 Å². The molecular weight excluding hydrogens is 433 g/mol. The molecule has 32 heavy (non-hydrogen) atoms. The second kappa shape index (κ2) is 7.95. The Labute approximate surface area is 178 Å². The molecule has 0 aliphatic heterocycles. The van der Waals surface area contributed by atoms with Gasteiger partial charge in [0.2, 0.25) is 5.91 Å². The molecular formula is C22H14F5N3O2. The highest BCUT2D eigenvalue weighted by atomic mass is 19.4. The molecule has 0 spiro atoms. The number of aromatic nitrogens is 2. The number of nitrogens with zero attached hydrogens (tertiary/aromatic N) is 2. The molecule has 2 aromatic carbocycles. The number of carbonyl (C=O) groups excluding carboxylic acids is 1. The van der Waals surface area contributed by atoms with Gasteiger partial charge in [-0.25, -0.2) is 13.8 Å². The van der Waals surface area contributed by atoms with Crippen LogP contribution in [-0.4, -0.2) is 21.7 Å². The van der Waals surface area contributed by atoms with Crippen LogP contribution >= 0.6 is 0 Å². The largest absolute Gasteiger partial charge is 0.573 e. The molecule has 4 aromatic rings. The maximum Gasteiger partial charge on any atom is 0.573 e. The van der Waals surface area contributed by atoms with Crippen molar-refractivity contribution in [2.75, 3.05) is 5.32 Å². The first-order valence-electron chi connectivity index (χ1n) is 9.22. The van der Waals surface area contributed by atoms with E-state index in [4.69, 9.17) is 0 Å². The van der Waals surface area contributed by atoms with Crippen molar-refractivity contribution in [2.45, 2.75) is 13.3 Å². The van der Waals surface area contributed by atoms with Crippen LogP contribution in [-0.2, 0) is 4.79 Å². The highest BCUT2D eigenvalue weighted by molar-refractivity contribution is 5.96. The Hall–Kier alpha value is -3.95. The lowest BCUT2D eigenvalue weighted by molar-refractivity contribution is -0.274. The number of halogens is 5. The van der Waals surface area contributed by atoms with Crippen LogP contribution in [0.25, 0.3) is 28.2 Å². The zero-order valence-corrected chi connectivity index (χ0v) is 16.4. The third-order valence-corrected chi connectivity index (χ3v) is 4.50. The quantitative estimate of drug-likeness (QED) is 0.402. The van der Waals surface area contributed by atoms with Crippen molar-refractivity contribution in [3.8, 4) is 28.3 Å². The summed E-state index contributed by atoms with van der Waals surface area (Å²) in [7, 11) is 0. The number of anilines is 1. The molecule has 1 amide bonds. The van der Waals surface area contributed by atoms with Crippen LogP contribution in [0.15, 0.2) is 60.8 Å². The molecule has 0 bridgehead atoms. The average molecular weight is 447 g/mol. The zero-order chi connectivity index (χ0) is 23.0. The average Bonchev–Trinajstić information content (AvgIpc) is 3.08. The molecule has 0 saturated carbocycles. The molecule has 1 N–H and O–H groups in total. The molecule has 0 aliphatic carbocycles. The maximum absolute atomic E-state index is 14.9. The van der Waals surface area contributed by atoms with E-state index in [-0.39, 0.29) is 28.2 Å². The van der Waals surface area contributed by atoms with Crippen molar-refractivity contribution in [3.05, 3.63) is 72.4 Å². The summed E-state index contributed by atoms with van der Waals surface area (Å²) in [6.07, 6.45) is -3.44. The monoisotopic (exact) mass is 447 g/mol. The van der Waals surface area contributed by atoms with Crippen molar-refractivity contribution in [3.63, 3.8) is 0 Å². The van der Waals surface area contributed by atoms with E-state index in [1.54, 1.807) is 18.2 Å². The van der Waals surface area contributed by atoms with Gasteiger partial charge in [0.15, 0.2) is 0 Å². The van der Waals surface area contributed by atoms with Crippen LogP contribution in [0.5, 0.6) is 5.75 Å². The highest BCUT2D eigenvalue weighted by Gasteiger charge is 2.32. The predicted molar refractivity (Wildman–Crippen MR) is 107 cm³/mol. The number of pyridine rings is 1. The first-order chi connectivity index (χ1) is 15.1. The lowest BCUT2D eigenvalue weighted by Crippen LogP contribution is -2.17. The standard InChI is InChI=1S/C22H14F5N3O2/c1-12(31)28-18-8-5-13(23)10-16(18)20-21(30-9-3-2-4-19(30)29-20)15-11-14(6-7-17(15)24)32-22(25,26)27/h2-11H,1H3,(H,28,31). The van der Waals surface area contributed by atoms with Crippen LogP contribution < -0.4 is 10.1 Å². The third-order valence-electron chi connectivity index (χ3n) is 4.50. The normalized spacial score (nSPS) is 11.6. The molecule has 4 rings (SSSR count).